The van der Waals surface area contributed by atoms with E-state index in [0.29, 0.717) is 0 Å². The van der Waals surface area contributed by atoms with Crippen LogP contribution >= 0.6 is 16.1 Å². The van der Waals surface area contributed by atoms with Crippen LogP contribution in [0.3, 0.4) is 0 Å². The summed E-state index contributed by atoms with van der Waals surface area (Å²) in [6, 6.07) is 33.0. The molecule has 0 saturated carbocycles. The minimum Gasteiger partial charge on any atom is -0.127 e. The predicted molar refractivity (Wildman–Crippen MR) is 124 cm³/mol. The average molecular weight is 386 g/mol. The molecule has 1 aromatic heterocycles. The second kappa shape index (κ2) is 8.26. The molecule has 0 bridgehead atoms. The van der Waals surface area contributed by atoms with E-state index in [1.165, 1.54) is 32.6 Å². The van der Waals surface area contributed by atoms with Gasteiger partial charge in [0.05, 0.1) is 0 Å². The molecule has 3 aromatic carbocycles. The zero-order chi connectivity index (χ0) is 18.6. The van der Waals surface area contributed by atoms with Gasteiger partial charge in [0.25, 0.3) is 0 Å². The Labute approximate surface area is 165 Å². The topological polar surface area (TPSA) is 0 Å². The normalized spacial score (nSPS) is 11.4. The second-order valence-electron chi connectivity index (χ2n) is 6.85. The van der Waals surface area contributed by atoms with E-state index >= 15 is 0 Å². The molecule has 0 aliphatic heterocycles. The summed E-state index contributed by atoms with van der Waals surface area (Å²) in [6.07, 6.45) is 1.15. The van der Waals surface area contributed by atoms with E-state index in [1.54, 1.807) is 5.30 Å². The summed E-state index contributed by atoms with van der Waals surface area (Å²) in [7, 11) is 0.414. The lowest BCUT2D eigenvalue weighted by Crippen LogP contribution is -2.12. The smallest absolute Gasteiger partial charge is 0.00455 e. The van der Waals surface area contributed by atoms with Crippen molar-refractivity contribution in [2.45, 2.75) is 20.0 Å². The summed E-state index contributed by atoms with van der Waals surface area (Å²) in [5.41, 5.74) is 4.36. The summed E-state index contributed by atoms with van der Waals surface area (Å²) >= 11 is 0. The molecule has 2 heteroatoms. The van der Waals surface area contributed by atoms with Gasteiger partial charge in [0.2, 0.25) is 0 Å². The number of benzene rings is 3. The zero-order valence-electron chi connectivity index (χ0n) is 15.8. The highest BCUT2D eigenvalue weighted by atomic mass is 31.1. The summed E-state index contributed by atoms with van der Waals surface area (Å²) in [5.74, 6) is 0. The van der Waals surface area contributed by atoms with Crippen LogP contribution in [0.5, 0.6) is 0 Å². The van der Waals surface area contributed by atoms with Crippen molar-refractivity contribution >= 4 is 26.7 Å². The van der Waals surface area contributed by atoms with Gasteiger partial charge in [-0.25, -0.2) is 0 Å². The van der Waals surface area contributed by atoms with Gasteiger partial charge in [0.1, 0.15) is 0 Å². The van der Waals surface area contributed by atoms with E-state index in [4.69, 9.17) is 0 Å². The van der Waals surface area contributed by atoms with Crippen LogP contribution in [0.1, 0.15) is 16.4 Å². The molecule has 0 N–H and O–H groups in total. The lowest BCUT2D eigenvalue weighted by Gasteiger charge is -2.19. The summed E-state index contributed by atoms with van der Waals surface area (Å²) in [4.78, 5) is 0. The lowest BCUT2D eigenvalue weighted by molar-refractivity contribution is 1.33. The molecule has 4 aromatic rings. The number of hydrogen-bond acceptors (Lipinski definition) is 0. The molecular weight excluding hydrogens is 362 g/mol. The molecule has 0 radical (unpaired) electrons. The van der Waals surface area contributed by atoms with Gasteiger partial charge in [-0.15, -0.1) is 8.19 Å². The van der Waals surface area contributed by atoms with Crippen LogP contribution in [-0.2, 0) is 6.16 Å². The number of hydrogen-bond donors (Lipinski definition) is 0. The maximum Gasteiger partial charge on any atom is 0.00455 e. The van der Waals surface area contributed by atoms with Crippen molar-refractivity contribution in [2.24, 2.45) is 0 Å². The van der Waals surface area contributed by atoms with Crippen molar-refractivity contribution in [1.29, 1.82) is 0 Å². The molecule has 1 heterocycles. The lowest BCUT2D eigenvalue weighted by atomic mass is 10.1. The molecule has 0 saturated heterocycles. The van der Waals surface area contributed by atoms with Crippen LogP contribution in [0, 0.1) is 13.8 Å². The minimum absolute atomic E-state index is 0.373. The Morgan fingerprint density at radius 3 is 1.63 bits per heavy atom. The van der Waals surface area contributed by atoms with Gasteiger partial charge in [-0.3, -0.25) is 0 Å². The van der Waals surface area contributed by atoms with Gasteiger partial charge in [-0.2, -0.15) is 0 Å². The van der Waals surface area contributed by atoms with Crippen molar-refractivity contribution in [1.82, 2.24) is 0 Å². The molecule has 0 spiro atoms. The first kappa shape index (κ1) is 18.2. The molecular formula is C25H24P2. The van der Waals surface area contributed by atoms with Gasteiger partial charge in [-0.05, 0) is 54.4 Å². The standard InChI is InChI=1S/C25H24P2/c1-19-20(2)25(21-12-6-3-7-13-21)26-24(19)18-27(22-14-8-4-9-15-22)23-16-10-5-11-17-23/h3-17,26H,18H2,1-2H3. The number of rotatable bonds is 5. The largest absolute Gasteiger partial charge is 0.127 e. The first-order chi connectivity index (χ1) is 13.2. The maximum absolute atomic E-state index is 2.32. The highest BCUT2D eigenvalue weighted by Crippen LogP contribution is 2.46. The Hall–Kier alpha value is -2.13. The zero-order valence-corrected chi connectivity index (χ0v) is 17.7. The highest BCUT2D eigenvalue weighted by Gasteiger charge is 2.18. The van der Waals surface area contributed by atoms with E-state index in [-0.39, 0.29) is 7.92 Å². The Balaban J connectivity index is 1.74. The van der Waals surface area contributed by atoms with Crippen molar-refractivity contribution in [3.05, 3.63) is 107 Å². The van der Waals surface area contributed by atoms with Crippen LogP contribution in [0.2, 0.25) is 0 Å². The summed E-state index contributed by atoms with van der Waals surface area (Å²) in [6.45, 7) is 4.61. The second-order valence-corrected chi connectivity index (χ2v) is 10.4. The van der Waals surface area contributed by atoms with Crippen LogP contribution in [-0.4, -0.2) is 0 Å². The quantitative estimate of drug-likeness (QED) is 0.338. The minimum atomic E-state index is -0.373. The van der Waals surface area contributed by atoms with Crippen LogP contribution in [0.4, 0.5) is 0 Å². The third-order valence-corrected chi connectivity index (χ3v) is 9.72. The molecule has 0 nitrogen and oxygen atoms in total. The Morgan fingerprint density at radius 2 is 1.11 bits per heavy atom. The third kappa shape index (κ3) is 3.93. The van der Waals surface area contributed by atoms with E-state index < -0.39 is 0 Å². The van der Waals surface area contributed by atoms with Crippen LogP contribution in [0.15, 0.2) is 91.0 Å². The van der Waals surface area contributed by atoms with E-state index in [1.807, 2.05) is 0 Å². The fourth-order valence-corrected chi connectivity index (χ4v) is 7.94. The predicted octanol–water partition coefficient (Wildman–Crippen LogP) is 6.63. The Morgan fingerprint density at radius 1 is 0.630 bits per heavy atom. The first-order valence-corrected chi connectivity index (χ1v) is 11.9. The third-order valence-electron chi connectivity index (χ3n) is 5.18. The molecule has 1 unspecified atom stereocenters. The fraction of sp³-hybridized carbons (Fsp3) is 0.120. The Kier molecular flexibility index (Phi) is 5.58. The van der Waals surface area contributed by atoms with Crippen LogP contribution < -0.4 is 10.6 Å². The molecule has 0 amide bonds. The summed E-state index contributed by atoms with van der Waals surface area (Å²) in [5, 5.41) is 6.09. The van der Waals surface area contributed by atoms with Crippen molar-refractivity contribution in [2.75, 3.05) is 0 Å². The molecule has 4 rings (SSSR count). The van der Waals surface area contributed by atoms with E-state index in [2.05, 4.69) is 105 Å². The molecule has 1 atom stereocenters. The van der Waals surface area contributed by atoms with E-state index in [9.17, 15) is 0 Å². The Bertz CT molecular complexity index is 963. The fourth-order valence-electron chi connectivity index (χ4n) is 3.51. The van der Waals surface area contributed by atoms with Crippen molar-refractivity contribution in [3.8, 4) is 10.9 Å². The van der Waals surface area contributed by atoms with Crippen LogP contribution in [0.25, 0.3) is 10.9 Å². The van der Waals surface area contributed by atoms with Crippen molar-refractivity contribution < 1.29 is 0 Å². The molecule has 0 fully saturated rings. The van der Waals surface area contributed by atoms with E-state index in [0.717, 1.165) is 14.4 Å². The summed E-state index contributed by atoms with van der Waals surface area (Å²) < 4.78 is 0. The van der Waals surface area contributed by atoms with Gasteiger partial charge in [0, 0.05) is 11.5 Å². The average Bonchev–Trinajstić information content (AvgIpc) is 3.02. The highest BCUT2D eigenvalue weighted by molar-refractivity contribution is 7.72. The maximum atomic E-state index is 2.32. The first-order valence-electron chi connectivity index (χ1n) is 9.35. The van der Waals surface area contributed by atoms with Gasteiger partial charge in [-0.1, -0.05) is 91.0 Å². The molecule has 134 valence electrons. The van der Waals surface area contributed by atoms with Gasteiger partial charge in [0.15, 0.2) is 0 Å². The molecule has 27 heavy (non-hydrogen) atoms. The monoisotopic (exact) mass is 386 g/mol. The van der Waals surface area contributed by atoms with Crippen molar-refractivity contribution in [3.63, 3.8) is 0 Å². The van der Waals surface area contributed by atoms with Gasteiger partial charge < -0.3 is 0 Å². The molecule has 0 aliphatic carbocycles. The van der Waals surface area contributed by atoms with Gasteiger partial charge >= 0.3 is 0 Å². The SMILES string of the molecule is Cc1c(CP(c2ccccc2)c2ccccc2)[pH]c(-c2ccccc2)c1C. The molecule has 0 aliphatic rings.